The maximum absolute atomic E-state index is 5.27. The number of aryl methyl sites for hydroxylation is 1. The molecule has 2 aliphatic rings. The Morgan fingerprint density at radius 1 is 1.29 bits per heavy atom. The van der Waals surface area contributed by atoms with E-state index in [1.54, 1.807) is 6.33 Å². The zero-order chi connectivity index (χ0) is 14.2. The fraction of sp³-hybridized carbons (Fsp3) is 0.667. The lowest BCUT2D eigenvalue weighted by Gasteiger charge is -2.36. The highest BCUT2D eigenvalue weighted by atomic mass is 16.5. The first kappa shape index (κ1) is 13.0. The SMILES string of the molecule is Cc1noc2ncnc(N3CCCC(C4CCCN4)C3)c12. The van der Waals surface area contributed by atoms with Crippen molar-refractivity contribution in [3.8, 4) is 0 Å². The lowest BCUT2D eigenvalue weighted by atomic mass is 9.89. The summed E-state index contributed by atoms with van der Waals surface area (Å²) in [5.74, 6) is 1.70. The molecule has 2 unspecified atom stereocenters. The molecule has 4 heterocycles. The summed E-state index contributed by atoms with van der Waals surface area (Å²) in [5.41, 5.74) is 1.47. The number of nitrogens with one attached hydrogen (secondary N) is 1. The predicted octanol–water partition coefficient (Wildman–Crippen LogP) is 1.89. The zero-order valence-electron chi connectivity index (χ0n) is 12.4. The van der Waals surface area contributed by atoms with Gasteiger partial charge in [-0.25, -0.2) is 4.98 Å². The topological polar surface area (TPSA) is 67.1 Å². The molecule has 0 aliphatic carbocycles. The van der Waals surface area contributed by atoms with Gasteiger partial charge in [-0.15, -0.1) is 0 Å². The van der Waals surface area contributed by atoms with E-state index in [0.29, 0.717) is 17.7 Å². The van der Waals surface area contributed by atoms with E-state index in [-0.39, 0.29) is 0 Å². The van der Waals surface area contributed by atoms with Crippen LogP contribution >= 0.6 is 0 Å². The van der Waals surface area contributed by atoms with Gasteiger partial charge in [-0.1, -0.05) is 5.16 Å². The molecule has 2 aromatic heterocycles. The van der Waals surface area contributed by atoms with Crippen LogP contribution in [0.4, 0.5) is 5.82 Å². The van der Waals surface area contributed by atoms with E-state index >= 15 is 0 Å². The standard InChI is InChI=1S/C15H21N5O/c1-10-13-14(17-9-18-15(13)21-19-10)20-7-3-4-11(8-20)12-5-2-6-16-12/h9,11-12,16H,2-8H2,1H3. The molecular weight excluding hydrogens is 266 g/mol. The first-order valence-corrected chi connectivity index (χ1v) is 7.88. The van der Waals surface area contributed by atoms with Gasteiger partial charge < -0.3 is 14.7 Å². The fourth-order valence-corrected chi connectivity index (χ4v) is 3.79. The molecule has 2 fully saturated rings. The van der Waals surface area contributed by atoms with Crippen molar-refractivity contribution in [1.82, 2.24) is 20.4 Å². The molecule has 2 atom stereocenters. The molecule has 0 amide bonds. The number of piperidine rings is 1. The molecule has 0 saturated carbocycles. The van der Waals surface area contributed by atoms with Crippen LogP contribution in [0.15, 0.2) is 10.9 Å². The van der Waals surface area contributed by atoms with Crippen LogP contribution < -0.4 is 10.2 Å². The number of rotatable bonds is 2. The van der Waals surface area contributed by atoms with Crippen LogP contribution in [0.1, 0.15) is 31.4 Å². The van der Waals surface area contributed by atoms with Gasteiger partial charge in [0, 0.05) is 19.1 Å². The van der Waals surface area contributed by atoms with Crippen molar-refractivity contribution < 1.29 is 4.52 Å². The molecule has 6 nitrogen and oxygen atoms in total. The molecule has 6 heteroatoms. The van der Waals surface area contributed by atoms with Crippen molar-refractivity contribution >= 4 is 16.9 Å². The first-order valence-electron chi connectivity index (χ1n) is 7.88. The highest BCUT2D eigenvalue weighted by Crippen LogP contribution is 2.31. The Hall–Kier alpha value is -1.69. The molecule has 112 valence electrons. The molecule has 0 aromatic carbocycles. The Morgan fingerprint density at radius 3 is 3.10 bits per heavy atom. The Kier molecular flexibility index (Phi) is 3.25. The Morgan fingerprint density at radius 2 is 2.24 bits per heavy atom. The summed E-state index contributed by atoms with van der Waals surface area (Å²) in [6, 6.07) is 0.675. The molecule has 0 bridgehead atoms. The van der Waals surface area contributed by atoms with E-state index in [2.05, 4.69) is 25.3 Å². The van der Waals surface area contributed by atoms with Crippen molar-refractivity contribution in [3.05, 3.63) is 12.0 Å². The summed E-state index contributed by atoms with van der Waals surface area (Å²) in [4.78, 5) is 11.1. The second-order valence-electron chi connectivity index (χ2n) is 6.20. The molecule has 21 heavy (non-hydrogen) atoms. The van der Waals surface area contributed by atoms with E-state index in [4.69, 9.17) is 4.52 Å². The Balaban J connectivity index is 1.63. The number of aromatic nitrogens is 3. The summed E-state index contributed by atoms with van der Waals surface area (Å²) in [7, 11) is 0. The summed E-state index contributed by atoms with van der Waals surface area (Å²) in [6.45, 7) is 5.25. The normalized spacial score (nSPS) is 26.6. The second kappa shape index (κ2) is 5.26. The van der Waals surface area contributed by atoms with Crippen molar-refractivity contribution in [3.63, 3.8) is 0 Å². The number of fused-ring (bicyclic) bond motifs is 1. The smallest absolute Gasteiger partial charge is 0.263 e. The molecule has 1 N–H and O–H groups in total. The lowest BCUT2D eigenvalue weighted by Crippen LogP contribution is -2.43. The van der Waals surface area contributed by atoms with E-state index in [1.807, 2.05) is 6.92 Å². The molecule has 0 spiro atoms. The average molecular weight is 287 g/mol. The maximum atomic E-state index is 5.27. The third-order valence-corrected chi connectivity index (χ3v) is 4.85. The van der Waals surface area contributed by atoms with Gasteiger partial charge >= 0.3 is 0 Å². The quantitative estimate of drug-likeness (QED) is 0.910. The lowest BCUT2D eigenvalue weighted by molar-refractivity contribution is 0.328. The van der Waals surface area contributed by atoms with E-state index in [1.165, 1.54) is 32.2 Å². The van der Waals surface area contributed by atoms with Crippen molar-refractivity contribution in [2.45, 2.75) is 38.6 Å². The summed E-state index contributed by atoms with van der Waals surface area (Å²) in [6.07, 6.45) is 6.73. The maximum Gasteiger partial charge on any atom is 0.263 e. The second-order valence-corrected chi connectivity index (χ2v) is 6.20. The molecule has 2 aliphatic heterocycles. The first-order chi connectivity index (χ1) is 10.3. The van der Waals surface area contributed by atoms with E-state index in [9.17, 15) is 0 Å². The van der Waals surface area contributed by atoms with E-state index in [0.717, 1.165) is 30.0 Å². The van der Waals surface area contributed by atoms with Gasteiger partial charge in [-0.05, 0) is 45.1 Å². The largest absolute Gasteiger partial charge is 0.356 e. The predicted molar refractivity (Wildman–Crippen MR) is 80.3 cm³/mol. The van der Waals surface area contributed by atoms with E-state index < -0.39 is 0 Å². The van der Waals surface area contributed by atoms with Gasteiger partial charge in [0.25, 0.3) is 5.71 Å². The highest BCUT2D eigenvalue weighted by molar-refractivity contribution is 5.87. The van der Waals surface area contributed by atoms with Gasteiger partial charge in [0.2, 0.25) is 0 Å². The summed E-state index contributed by atoms with van der Waals surface area (Å²) < 4.78 is 5.27. The fourth-order valence-electron chi connectivity index (χ4n) is 3.79. The van der Waals surface area contributed by atoms with Crippen LogP contribution in [0.25, 0.3) is 11.1 Å². The van der Waals surface area contributed by atoms with Gasteiger partial charge in [0.15, 0.2) is 0 Å². The minimum Gasteiger partial charge on any atom is -0.356 e. The Bertz CT molecular complexity index is 634. The number of anilines is 1. The van der Waals surface area contributed by atoms with Gasteiger partial charge in [-0.2, -0.15) is 4.98 Å². The van der Waals surface area contributed by atoms with Crippen molar-refractivity contribution in [1.29, 1.82) is 0 Å². The monoisotopic (exact) mass is 287 g/mol. The van der Waals surface area contributed by atoms with Crippen LogP contribution in [0.2, 0.25) is 0 Å². The van der Waals surface area contributed by atoms with Gasteiger partial charge in [0.05, 0.1) is 5.69 Å². The number of nitrogens with zero attached hydrogens (tertiary/aromatic N) is 4. The minimum atomic E-state index is 0.596. The molecule has 2 saturated heterocycles. The van der Waals surface area contributed by atoms with Crippen LogP contribution in [-0.2, 0) is 0 Å². The molecule has 4 rings (SSSR count). The zero-order valence-corrected chi connectivity index (χ0v) is 12.4. The highest BCUT2D eigenvalue weighted by Gasteiger charge is 2.30. The van der Waals surface area contributed by atoms with Gasteiger partial charge in [-0.3, -0.25) is 0 Å². The number of hydrogen-bond acceptors (Lipinski definition) is 6. The third-order valence-electron chi connectivity index (χ3n) is 4.85. The van der Waals surface area contributed by atoms with Crippen molar-refractivity contribution in [2.75, 3.05) is 24.5 Å². The third kappa shape index (κ3) is 2.27. The van der Waals surface area contributed by atoms with Crippen molar-refractivity contribution in [2.24, 2.45) is 5.92 Å². The average Bonchev–Trinajstić information content (AvgIpc) is 3.18. The Labute approximate surface area is 123 Å². The molecule has 0 radical (unpaired) electrons. The van der Waals surface area contributed by atoms with Crippen LogP contribution in [0, 0.1) is 12.8 Å². The summed E-state index contributed by atoms with van der Waals surface area (Å²) in [5, 5.41) is 8.65. The van der Waals surface area contributed by atoms with Crippen LogP contribution in [0.3, 0.4) is 0 Å². The van der Waals surface area contributed by atoms with Gasteiger partial charge in [0.1, 0.15) is 17.5 Å². The molecule has 2 aromatic rings. The number of hydrogen-bond donors (Lipinski definition) is 1. The van der Waals surface area contributed by atoms with Crippen LogP contribution in [0.5, 0.6) is 0 Å². The van der Waals surface area contributed by atoms with Crippen LogP contribution in [-0.4, -0.2) is 40.8 Å². The minimum absolute atomic E-state index is 0.596. The summed E-state index contributed by atoms with van der Waals surface area (Å²) >= 11 is 0. The molecular formula is C15H21N5O.